The predicted molar refractivity (Wildman–Crippen MR) is 118 cm³/mol. The minimum atomic E-state index is -0.0784. The molecule has 150 valence electrons. The van der Waals surface area contributed by atoms with Crippen LogP contribution in [0.15, 0.2) is 36.4 Å². The van der Waals surface area contributed by atoms with Gasteiger partial charge in [-0.2, -0.15) is 0 Å². The molecule has 0 N–H and O–H groups in total. The Balaban J connectivity index is 1.68. The number of amides is 1. The van der Waals surface area contributed by atoms with E-state index in [4.69, 9.17) is 16.6 Å². The van der Waals surface area contributed by atoms with Crippen LogP contribution in [0.4, 0.5) is 5.13 Å². The van der Waals surface area contributed by atoms with E-state index in [1.807, 2.05) is 62.3 Å². The number of para-hydroxylation sites is 1. The van der Waals surface area contributed by atoms with Crippen molar-refractivity contribution in [3.8, 4) is 0 Å². The first-order chi connectivity index (χ1) is 13.9. The number of nitrogens with zero attached hydrogens (tertiary/aromatic N) is 6. The van der Waals surface area contributed by atoms with Crippen LogP contribution >= 0.6 is 22.9 Å². The van der Waals surface area contributed by atoms with Gasteiger partial charge in [-0.15, -0.1) is 5.10 Å². The summed E-state index contributed by atoms with van der Waals surface area (Å²) in [5.74, 6) is -0.0784. The monoisotopic (exact) mass is 428 g/mol. The molecule has 0 saturated heterocycles. The van der Waals surface area contributed by atoms with Gasteiger partial charge in [-0.1, -0.05) is 40.3 Å². The third-order valence-corrected chi connectivity index (χ3v) is 6.20. The zero-order valence-corrected chi connectivity index (χ0v) is 18.0. The van der Waals surface area contributed by atoms with Gasteiger partial charge in [0.1, 0.15) is 12.1 Å². The minimum Gasteiger partial charge on any atom is -0.308 e. The Morgan fingerprint density at radius 2 is 1.97 bits per heavy atom. The highest BCUT2D eigenvalue weighted by molar-refractivity contribution is 7.22. The van der Waals surface area contributed by atoms with E-state index >= 15 is 0 Å². The molecule has 0 atom stereocenters. The maximum atomic E-state index is 13.3. The van der Waals surface area contributed by atoms with Crippen molar-refractivity contribution in [1.82, 2.24) is 24.9 Å². The van der Waals surface area contributed by atoms with Crippen molar-refractivity contribution in [3.63, 3.8) is 0 Å². The average molecular weight is 429 g/mol. The summed E-state index contributed by atoms with van der Waals surface area (Å²) in [6.07, 6.45) is 0. The lowest BCUT2D eigenvalue weighted by atomic mass is 10.2. The van der Waals surface area contributed by atoms with Crippen LogP contribution in [0.5, 0.6) is 0 Å². The lowest BCUT2D eigenvalue weighted by molar-refractivity contribution is -0.119. The molecule has 2 aromatic carbocycles. The average Bonchev–Trinajstić information content (AvgIpc) is 3.30. The smallest absolute Gasteiger partial charge is 0.250 e. The third kappa shape index (κ3) is 3.96. The number of fused-ring (bicyclic) bond motifs is 2. The SMILES string of the molecule is Cc1c(Cl)ccc2sc(N(CCN(C)C)C(=O)Cn3nnc4ccccc43)nc12. The zero-order valence-electron chi connectivity index (χ0n) is 16.5. The number of hydrogen-bond donors (Lipinski definition) is 0. The molecule has 0 unspecified atom stereocenters. The number of thiazole rings is 1. The van der Waals surface area contributed by atoms with Gasteiger partial charge in [-0.05, 0) is 50.8 Å². The van der Waals surface area contributed by atoms with Crippen molar-refractivity contribution in [2.75, 3.05) is 32.1 Å². The van der Waals surface area contributed by atoms with Crippen LogP contribution in [-0.4, -0.2) is 58.0 Å². The molecule has 4 aromatic rings. The highest BCUT2D eigenvalue weighted by atomic mass is 35.5. The van der Waals surface area contributed by atoms with Crippen molar-refractivity contribution < 1.29 is 4.79 Å². The molecule has 0 fully saturated rings. The molecule has 2 aromatic heterocycles. The quantitative estimate of drug-likeness (QED) is 0.469. The second-order valence-electron chi connectivity index (χ2n) is 7.10. The number of anilines is 1. The molecule has 7 nitrogen and oxygen atoms in total. The first kappa shape index (κ1) is 19.8. The van der Waals surface area contributed by atoms with Gasteiger partial charge in [-0.25, -0.2) is 9.67 Å². The molecular formula is C20H21ClN6OS. The summed E-state index contributed by atoms with van der Waals surface area (Å²) in [6.45, 7) is 3.30. The number of benzene rings is 2. The van der Waals surface area contributed by atoms with E-state index in [1.165, 1.54) is 11.3 Å². The van der Waals surface area contributed by atoms with E-state index in [0.717, 1.165) is 33.4 Å². The zero-order chi connectivity index (χ0) is 20.5. The number of halogens is 1. The molecule has 0 spiro atoms. The second-order valence-corrected chi connectivity index (χ2v) is 8.52. The molecule has 0 aliphatic heterocycles. The predicted octanol–water partition coefficient (Wildman–Crippen LogP) is 3.60. The number of carbonyl (C=O) groups is 1. The summed E-state index contributed by atoms with van der Waals surface area (Å²) in [7, 11) is 3.96. The molecule has 1 amide bonds. The summed E-state index contributed by atoms with van der Waals surface area (Å²) >= 11 is 7.75. The van der Waals surface area contributed by atoms with E-state index in [0.29, 0.717) is 16.7 Å². The molecule has 0 bridgehead atoms. The topological polar surface area (TPSA) is 67.2 Å². The van der Waals surface area contributed by atoms with E-state index < -0.39 is 0 Å². The van der Waals surface area contributed by atoms with E-state index in [2.05, 4.69) is 10.3 Å². The Morgan fingerprint density at radius 1 is 1.17 bits per heavy atom. The number of aromatic nitrogens is 4. The van der Waals surface area contributed by atoms with Crippen molar-refractivity contribution in [2.45, 2.75) is 13.5 Å². The molecule has 29 heavy (non-hydrogen) atoms. The Labute approximate surface area is 177 Å². The Morgan fingerprint density at radius 3 is 2.76 bits per heavy atom. The standard InChI is InChI=1S/C20H21ClN6OS/c1-13-14(21)8-9-17-19(13)22-20(29-17)26(11-10-25(2)3)18(28)12-27-16-7-5-4-6-15(16)23-24-27/h4-9H,10-12H2,1-3H3. The van der Waals surface area contributed by atoms with Gasteiger partial charge < -0.3 is 4.90 Å². The van der Waals surface area contributed by atoms with Crippen LogP contribution in [0, 0.1) is 6.92 Å². The fourth-order valence-corrected chi connectivity index (χ4v) is 4.30. The first-order valence-corrected chi connectivity index (χ1v) is 10.4. The highest BCUT2D eigenvalue weighted by Gasteiger charge is 2.22. The fourth-order valence-electron chi connectivity index (χ4n) is 3.08. The van der Waals surface area contributed by atoms with Crippen LogP contribution in [0.2, 0.25) is 5.02 Å². The van der Waals surface area contributed by atoms with Gasteiger partial charge >= 0.3 is 0 Å². The number of hydrogen-bond acceptors (Lipinski definition) is 6. The third-order valence-electron chi connectivity index (χ3n) is 4.74. The van der Waals surface area contributed by atoms with Crippen LogP contribution in [0.3, 0.4) is 0 Å². The van der Waals surface area contributed by atoms with Crippen molar-refractivity contribution >= 4 is 55.2 Å². The van der Waals surface area contributed by atoms with Gasteiger partial charge in [0.15, 0.2) is 5.13 Å². The largest absolute Gasteiger partial charge is 0.308 e. The van der Waals surface area contributed by atoms with Crippen molar-refractivity contribution in [2.24, 2.45) is 0 Å². The number of carbonyl (C=O) groups excluding carboxylic acids is 1. The molecule has 4 rings (SSSR count). The summed E-state index contributed by atoms with van der Waals surface area (Å²) in [4.78, 5) is 21.8. The lowest BCUT2D eigenvalue weighted by Gasteiger charge is -2.22. The number of rotatable bonds is 6. The van der Waals surface area contributed by atoms with Crippen molar-refractivity contribution in [3.05, 3.63) is 47.0 Å². The maximum absolute atomic E-state index is 13.3. The summed E-state index contributed by atoms with van der Waals surface area (Å²) in [5.41, 5.74) is 3.37. The van der Waals surface area contributed by atoms with E-state index in [-0.39, 0.29) is 12.5 Å². The fraction of sp³-hybridized carbons (Fsp3) is 0.300. The van der Waals surface area contributed by atoms with Crippen LogP contribution in [0.1, 0.15) is 5.56 Å². The van der Waals surface area contributed by atoms with Gasteiger partial charge in [-0.3, -0.25) is 9.69 Å². The first-order valence-electron chi connectivity index (χ1n) is 9.23. The summed E-state index contributed by atoms with van der Waals surface area (Å²) < 4.78 is 2.64. The Bertz CT molecular complexity index is 1180. The molecular weight excluding hydrogens is 408 g/mol. The van der Waals surface area contributed by atoms with Gasteiger partial charge in [0.25, 0.3) is 5.91 Å². The summed E-state index contributed by atoms with van der Waals surface area (Å²) in [5, 5.41) is 9.63. The summed E-state index contributed by atoms with van der Waals surface area (Å²) in [6, 6.07) is 11.4. The van der Waals surface area contributed by atoms with E-state index in [9.17, 15) is 4.79 Å². The van der Waals surface area contributed by atoms with Crippen molar-refractivity contribution in [1.29, 1.82) is 0 Å². The minimum absolute atomic E-state index is 0.0784. The molecule has 0 aliphatic rings. The Kier molecular flexibility index (Phi) is 5.49. The maximum Gasteiger partial charge on any atom is 0.250 e. The molecule has 0 saturated carbocycles. The number of aryl methyl sites for hydroxylation is 1. The van der Waals surface area contributed by atoms with E-state index in [1.54, 1.807) is 9.58 Å². The Hall–Kier alpha value is -2.55. The van der Waals surface area contributed by atoms with Gasteiger partial charge in [0.05, 0.1) is 15.7 Å². The number of likely N-dealkylation sites (N-methyl/N-ethyl adjacent to an activating group) is 1. The molecule has 9 heteroatoms. The normalized spacial score (nSPS) is 11.6. The molecule has 2 heterocycles. The molecule has 0 radical (unpaired) electrons. The second kappa shape index (κ2) is 8.06. The van der Waals surface area contributed by atoms with Crippen LogP contribution in [-0.2, 0) is 11.3 Å². The van der Waals surface area contributed by atoms with Gasteiger partial charge in [0, 0.05) is 18.1 Å². The molecule has 0 aliphatic carbocycles. The van der Waals surface area contributed by atoms with Crippen LogP contribution in [0.25, 0.3) is 21.3 Å². The van der Waals surface area contributed by atoms with Gasteiger partial charge in [0.2, 0.25) is 0 Å². The van der Waals surface area contributed by atoms with Crippen LogP contribution < -0.4 is 4.90 Å². The highest BCUT2D eigenvalue weighted by Crippen LogP contribution is 2.33. The lowest BCUT2D eigenvalue weighted by Crippen LogP contribution is -2.38.